The van der Waals surface area contributed by atoms with Crippen LogP contribution in [0.25, 0.3) is 22.7 Å². The lowest BCUT2D eigenvalue weighted by Gasteiger charge is -2.11. The van der Waals surface area contributed by atoms with Gasteiger partial charge in [0.25, 0.3) is 5.71 Å². The lowest BCUT2D eigenvalue weighted by molar-refractivity contribution is -0.139. The van der Waals surface area contributed by atoms with Crippen molar-refractivity contribution in [2.75, 3.05) is 6.61 Å². The van der Waals surface area contributed by atoms with Gasteiger partial charge in [-0.05, 0) is 61.6 Å². The summed E-state index contributed by atoms with van der Waals surface area (Å²) < 4.78 is 31.0. The third kappa shape index (κ3) is 4.98. The third-order valence-electron chi connectivity index (χ3n) is 5.00. The summed E-state index contributed by atoms with van der Waals surface area (Å²) in [6.07, 6.45) is 0.596. The minimum atomic E-state index is -1.05. The van der Waals surface area contributed by atoms with Crippen LogP contribution >= 0.6 is 0 Å². The molecule has 0 bridgehead atoms. The van der Waals surface area contributed by atoms with Gasteiger partial charge in [0, 0.05) is 5.56 Å². The maximum absolute atomic E-state index is 14.1. The molecule has 1 N–H and O–H groups in total. The maximum Gasteiger partial charge on any atom is 0.341 e. The van der Waals surface area contributed by atoms with Crippen LogP contribution in [0.5, 0.6) is 17.5 Å². The van der Waals surface area contributed by atoms with Crippen LogP contribution in [0.1, 0.15) is 30.7 Å². The van der Waals surface area contributed by atoms with E-state index in [1.807, 2.05) is 13.8 Å². The number of aryl methyl sites for hydroxylation is 2. The van der Waals surface area contributed by atoms with E-state index in [1.165, 1.54) is 12.1 Å². The average molecular weight is 465 g/mol. The van der Waals surface area contributed by atoms with Crippen molar-refractivity contribution >= 4 is 17.2 Å². The number of rotatable bonds is 8. The summed E-state index contributed by atoms with van der Waals surface area (Å²) in [6.45, 7) is 7.31. The number of nitrogens with zero attached hydrogens (tertiary/aromatic N) is 3. The number of oxazole rings is 1. The fraction of sp³-hybridized carbons (Fsp3) is 0.280. The molecule has 0 saturated heterocycles. The van der Waals surface area contributed by atoms with Crippen LogP contribution < -0.4 is 9.47 Å². The highest BCUT2D eigenvalue weighted by atomic mass is 19.1. The van der Waals surface area contributed by atoms with E-state index >= 15 is 0 Å². The largest absolute Gasteiger partial charge is 0.481 e. The Kier molecular flexibility index (Phi) is 6.45. The van der Waals surface area contributed by atoms with Crippen molar-refractivity contribution in [3.63, 3.8) is 0 Å². The van der Waals surface area contributed by atoms with Gasteiger partial charge in [-0.25, -0.2) is 14.2 Å². The zero-order valence-corrected chi connectivity index (χ0v) is 19.3. The topological polar surface area (TPSA) is 108 Å². The molecule has 4 aromatic rings. The lowest BCUT2D eigenvalue weighted by atomic mass is 10.1. The first-order valence-electron chi connectivity index (χ1n) is 10.8. The molecule has 8 nitrogen and oxygen atoms in total. The molecule has 0 unspecified atom stereocenters. The lowest BCUT2D eigenvalue weighted by Crippen LogP contribution is -2.10. The number of ether oxygens (including phenoxy) is 2. The molecule has 2 aromatic heterocycles. The monoisotopic (exact) mass is 465 g/mol. The minimum absolute atomic E-state index is 0.0142. The number of aromatic nitrogens is 3. The molecular weight excluding hydrogens is 441 g/mol. The predicted octanol–water partition coefficient (Wildman–Crippen LogP) is 5.49. The Hall–Kier alpha value is -4.01. The molecule has 0 radical (unpaired) electrons. The number of aliphatic carboxylic acids is 1. The van der Waals surface area contributed by atoms with Gasteiger partial charge in [-0.15, -0.1) is 0 Å². The Balaban J connectivity index is 1.75. The molecule has 0 atom stereocenters. The maximum atomic E-state index is 14.1. The molecule has 0 aliphatic rings. The summed E-state index contributed by atoms with van der Waals surface area (Å²) >= 11 is 0. The number of para-hydroxylation sites is 1. The van der Waals surface area contributed by atoms with E-state index in [-0.39, 0.29) is 23.4 Å². The fourth-order valence-electron chi connectivity index (χ4n) is 3.62. The van der Waals surface area contributed by atoms with Crippen molar-refractivity contribution in [3.05, 3.63) is 59.0 Å². The highest BCUT2D eigenvalue weighted by Gasteiger charge is 2.20. The molecule has 2 heterocycles. The van der Waals surface area contributed by atoms with E-state index in [0.29, 0.717) is 34.8 Å². The van der Waals surface area contributed by atoms with Crippen LogP contribution in [0, 0.1) is 25.6 Å². The first kappa shape index (κ1) is 23.2. The van der Waals surface area contributed by atoms with Gasteiger partial charge < -0.3 is 19.0 Å². The molecule has 9 heteroatoms. The van der Waals surface area contributed by atoms with Crippen LogP contribution in [-0.2, 0) is 11.2 Å². The normalized spacial score (nSPS) is 11.2. The van der Waals surface area contributed by atoms with E-state index in [2.05, 4.69) is 28.8 Å². The van der Waals surface area contributed by atoms with Gasteiger partial charge in [0.05, 0.1) is 5.69 Å². The number of carbonyl (C=O) groups is 1. The van der Waals surface area contributed by atoms with Crippen LogP contribution in [0.4, 0.5) is 4.39 Å². The van der Waals surface area contributed by atoms with Gasteiger partial charge in [-0.3, -0.25) is 0 Å². The highest BCUT2D eigenvalue weighted by molar-refractivity contribution is 5.76. The second kappa shape index (κ2) is 9.46. The van der Waals surface area contributed by atoms with Gasteiger partial charge in [-0.1, -0.05) is 26.0 Å². The van der Waals surface area contributed by atoms with Crippen molar-refractivity contribution in [2.45, 2.75) is 34.1 Å². The summed E-state index contributed by atoms with van der Waals surface area (Å²) in [7, 11) is 0. The van der Waals surface area contributed by atoms with Crippen LogP contribution in [0.2, 0.25) is 0 Å². The zero-order chi connectivity index (χ0) is 24.4. The smallest absolute Gasteiger partial charge is 0.341 e. The minimum Gasteiger partial charge on any atom is -0.481 e. The average Bonchev–Trinajstić information content (AvgIpc) is 3.19. The SMILES string of the molecule is Cc1cc(-c2nc3c(CC(C)C)nc(Oc4ccccc4F)nc3o2)cc(C)c1OCC(=O)O. The molecule has 2 aromatic carbocycles. The Morgan fingerprint density at radius 1 is 1.12 bits per heavy atom. The second-order valence-corrected chi connectivity index (χ2v) is 8.38. The van der Waals surface area contributed by atoms with Crippen molar-refractivity contribution in [1.82, 2.24) is 15.0 Å². The fourth-order valence-corrected chi connectivity index (χ4v) is 3.62. The molecule has 0 amide bonds. The van der Waals surface area contributed by atoms with Gasteiger partial charge in [0.2, 0.25) is 5.89 Å². The van der Waals surface area contributed by atoms with Crippen molar-refractivity contribution < 1.29 is 28.2 Å². The zero-order valence-electron chi connectivity index (χ0n) is 19.3. The van der Waals surface area contributed by atoms with Crippen LogP contribution in [0.3, 0.4) is 0 Å². The number of hydrogen-bond acceptors (Lipinski definition) is 7. The van der Waals surface area contributed by atoms with Crippen molar-refractivity contribution in [1.29, 1.82) is 0 Å². The quantitative estimate of drug-likeness (QED) is 0.364. The first-order chi connectivity index (χ1) is 16.2. The summed E-state index contributed by atoms with van der Waals surface area (Å²) in [5.74, 6) is -0.455. The molecule has 0 saturated carbocycles. The number of carboxylic acids is 1. The molecule has 4 rings (SSSR count). The molecule has 0 aliphatic carbocycles. The molecule has 34 heavy (non-hydrogen) atoms. The second-order valence-electron chi connectivity index (χ2n) is 8.38. The standard InChI is InChI=1S/C25H24FN3O5/c1-13(2)9-18-21-24(29-25(27-18)33-19-8-6-5-7-17(19)26)34-23(28-21)16-10-14(3)22(15(4)11-16)32-12-20(30)31/h5-8,10-11,13H,9,12H2,1-4H3,(H,30,31). The highest BCUT2D eigenvalue weighted by Crippen LogP contribution is 2.33. The van der Waals surface area contributed by atoms with E-state index in [0.717, 1.165) is 11.1 Å². The number of hydrogen-bond donors (Lipinski definition) is 1. The Bertz CT molecular complexity index is 1340. The number of fused-ring (bicyclic) bond motifs is 1. The Morgan fingerprint density at radius 2 is 1.82 bits per heavy atom. The summed E-state index contributed by atoms with van der Waals surface area (Å²) in [4.78, 5) is 24.3. The van der Waals surface area contributed by atoms with Gasteiger partial charge in [-0.2, -0.15) is 9.97 Å². The third-order valence-corrected chi connectivity index (χ3v) is 5.00. The molecular formula is C25H24FN3O5. The van der Waals surface area contributed by atoms with Crippen LogP contribution in [-0.4, -0.2) is 32.6 Å². The van der Waals surface area contributed by atoms with Crippen LogP contribution in [0.15, 0.2) is 40.8 Å². The summed E-state index contributed by atoms with van der Waals surface area (Å²) in [5, 5.41) is 8.89. The van der Waals surface area contributed by atoms with Gasteiger partial charge in [0.1, 0.15) is 5.75 Å². The predicted molar refractivity (Wildman–Crippen MR) is 123 cm³/mol. The summed E-state index contributed by atoms with van der Waals surface area (Å²) in [6, 6.07) is 9.61. The Labute approximate surface area is 195 Å². The number of halogens is 1. The van der Waals surface area contributed by atoms with Gasteiger partial charge >= 0.3 is 12.0 Å². The summed E-state index contributed by atoms with van der Waals surface area (Å²) in [5.41, 5.74) is 3.55. The molecule has 0 fully saturated rings. The first-order valence-corrected chi connectivity index (χ1v) is 10.8. The molecule has 0 aliphatic heterocycles. The number of carboxylic acid groups (broad SMARTS) is 1. The van der Waals surface area contributed by atoms with Gasteiger partial charge in [0.15, 0.2) is 23.7 Å². The van der Waals surface area contributed by atoms with E-state index < -0.39 is 18.4 Å². The van der Waals surface area contributed by atoms with E-state index in [4.69, 9.17) is 19.0 Å². The molecule has 176 valence electrons. The van der Waals surface area contributed by atoms with E-state index in [9.17, 15) is 9.18 Å². The molecule has 0 spiro atoms. The van der Waals surface area contributed by atoms with Crippen molar-refractivity contribution in [3.8, 4) is 29.0 Å². The number of benzene rings is 2. The van der Waals surface area contributed by atoms with Crippen molar-refractivity contribution in [2.24, 2.45) is 5.92 Å². The Morgan fingerprint density at radius 3 is 2.47 bits per heavy atom. The van der Waals surface area contributed by atoms with E-state index in [1.54, 1.807) is 24.3 Å².